The Hall–Kier alpha value is -3.61. The summed E-state index contributed by atoms with van der Waals surface area (Å²) in [5, 5.41) is 3.75. The van der Waals surface area contributed by atoms with Gasteiger partial charge in [-0.1, -0.05) is 0 Å². The van der Waals surface area contributed by atoms with Crippen molar-refractivity contribution < 1.29 is 23.9 Å². The molecule has 166 valence electrons. The van der Waals surface area contributed by atoms with Crippen LogP contribution in [-0.4, -0.2) is 35.9 Å². The van der Waals surface area contributed by atoms with Crippen molar-refractivity contribution in [3.05, 3.63) is 58.3 Å². The standard InChI is InChI=1S/C25H26N2O5/c1-4-31-25(30)16-8-10-17(11-9-16)26-22(29)13-32-21-12-19-18-6-5-7-20(28)24(18)27-23(19)15(3)14(21)2/h8-12,27H,4-7,13H2,1-3H3,(H,26,29). The highest BCUT2D eigenvalue weighted by Gasteiger charge is 2.24. The molecule has 3 aromatic rings. The van der Waals surface area contributed by atoms with Crippen LogP contribution in [0.15, 0.2) is 30.3 Å². The van der Waals surface area contributed by atoms with Crippen molar-refractivity contribution in [3.8, 4) is 5.75 Å². The van der Waals surface area contributed by atoms with Crippen LogP contribution in [-0.2, 0) is 16.0 Å². The number of benzene rings is 2. The Morgan fingerprint density at radius 1 is 1.09 bits per heavy atom. The number of ether oxygens (including phenoxy) is 2. The molecule has 0 aliphatic heterocycles. The summed E-state index contributed by atoms with van der Waals surface area (Å²) in [7, 11) is 0. The molecule has 1 aliphatic carbocycles. The second kappa shape index (κ2) is 8.86. The summed E-state index contributed by atoms with van der Waals surface area (Å²) in [5.41, 5.74) is 5.62. The van der Waals surface area contributed by atoms with Gasteiger partial charge < -0.3 is 19.8 Å². The first-order valence-electron chi connectivity index (χ1n) is 10.8. The Labute approximate surface area is 186 Å². The molecule has 7 nitrogen and oxygen atoms in total. The third-order valence-electron chi connectivity index (χ3n) is 5.88. The third kappa shape index (κ3) is 4.10. The van der Waals surface area contributed by atoms with Crippen molar-refractivity contribution in [3.63, 3.8) is 0 Å². The largest absolute Gasteiger partial charge is 0.483 e. The topological polar surface area (TPSA) is 97.5 Å². The highest BCUT2D eigenvalue weighted by molar-refractivity contribution is 6.04. The fraction of sp³-hybridized carbons (Fsp3) is 0.320. The van der Waals surface area contributed by atoms with Gasteiger partial charge in [-0.15, -0.1) is 0 Å². The smallest absolute Gasteiger partial charge is 0.338 e. The van der Waals surface area contributed by atoms with Gasteiger partial charge in [0.15, 0.2) is 12.4 Å². The fourth-order valence-corrected chi connectivity index (χ4v) is 4.06. The molecule has 0 unspecified atom stereocenters. The summed E-state index contributed by atoms with van der Waals surface area (Å²) in [6, 6.07) is 8.43. The Kier molecular flexibility index (Phi) is 5.99. The van der Waals surface area contributed by atoms with E-state index in [4.69, 9.17) is 9.47 Å². The van der Waals surface area contributed by atoms with E-state index in [0.29, 0.717) is 35.7 Å². The van der Waals surface area contributed by atoms with Gasteiger partial charge in [-0.05, 0) is 80.6 Å². The summed E-state index contributed by atoms with van der Waals surface area (Å²) in [4.78, 5) is 39.7. The number of nitrogens with one attached hydrogen (secondary N) is 2. The van der Waals surface area contributed by atoms with E-state index in [1.54, 1.807) is 31.2 Å². The molecular formula is C25H26N2O5. The number of H-pyrrole nitrogens is 1. The van der Waals surface area contributed by atoms with E-state index in [1.165, 1.54) is 0 Å². The van der Waals surface area contributed by atoms with Crippen molar-refractivity contribution >= 4 is 34.3 Å². The van der Waals surface area contributed by atoms with Gasteiger partial charge in [-0.2, -0.15) is 0 Å². The van der Waals surface area contributed by atoms with E-state index in [9.17, 15) is 14.4 Å². The van der Waals surface area contributed by atoms with Gasteiger partial charge in [0, 0.05) is 23.0 Å². The number of hydrogen-bond donors (Lipinski definition) is 2. The molecule has 4 rings (SSSR count). The van der Waals surface area contributed by atoms with Crippen LogP contribution in [0.2, 0.25) is 0 Å². The van der Waals surface area contributed by atoms with Gasteiger partial charge in [0.1, 0.15) is 5.75 Å². The minimum atomic E-state index is -0.399. The second-order valence-electron chi connectivity index (χ2n) is 7.94. The molecule has 0 atom stereocenters. The number of carbonyl (C=O) groups is 3. The average Bonchev–Trinajstić information content (AvgIpc) is 3.16. The minimum Gasteiger partial charge on any atom is -0.483 e. The molecular weight excluding hydrogens is 408 g/mol. The number of aromatic nitrogens is 1. The van der Waals surface area contributed by atoms with Crippen LogP contribution < -0.4 is 10.1 Å². The highest BCUT2D eigenvalue weighted by atomic mass is 16.5. The predicted molar refractivity (Wildman–Crippen MR) is 122 cm³/mol. The first-order chi connectivity index (χ1) is 15.4. The van der Waals surface area contributed by atoms with Gasteiger partial charge in [0.25, 0.3) is 5.91 Å². The van der Waals surface area contributed by atoms with Gasteiger partial charge in [-0.25, -0.2) is 4.79 Å². The molecule has 1 amide bonds. The Morgan fingerprint density at radius 3 is 2.56 bits per heavy atom. The van der Waals surface area contributed by atoms with Crippen LogP contribution in [0.3, 0.4) is 0 Å². The zero-order valence-electron chi connectivity index (χ0n) is 18.5. The van der Waals surface area contributed by atoms with Crippen molar-refractivity contribution in [1.82, 2.24) is 4.98 Å². The first-order valence-corrected chi connectivity index (χ1v) is 10.8. The molecule has 0 fully saturated rings. The molecule has 1 aliphatic rings. The lowest BCUT2D eigenvalue weighted by atomic mass is 9.93. The van der Waals surface area contributed by atoms with Crippen LogP contribution >= 0.6 is 0 Å². The van der Waals surface area contributed by atoms with E-state index in [-0.39, 0.29) is 18.3 Å². The summed E-state index contributed by atoms with van der Waals surface area (Å²) in [6.45, 7) is 5.83. The van der Waals surface area contributed by atoms with Crippen molar-refractivity contribution in [1.29, 1.82) is 0 Å². The highest BCUT2D eigenvalue weighted by Crippen LogP contribution is 2.36. The Balaban J connectivity index is 1.47. The number of rotatable bonds is 6. The zero-order valence-corrected chi connectivity index (χ0v) is 18.5. The maximum atomic E-state index is 12.4. The number of aryl methyl sites for hydroxylation is 2. The molecule has 7 heteroatoms. The summed E-state index contributed by atoms with van der Waals surface area (Å²) in [5.74, 6) is 0.0684. The molecule has 0 saturated carbocycles. The van der Waals surface area contributed by atoms with Crippen molar-refractivity contribution in [2.24, 2.45) is 0 Å². The van der Waals surface area contributed by atoms with E-state index in [1.807, 2.05) is 19.9 Å². The monoisotopic (exact) mass is 434 g/mol. The molecule has 32 heavy (non-hydrogen) atoms. The van der Waals surface area contributed by atoms with Crippen LogP contribution in [0.25, 0.3) is 10.9 Å². The maximum Gasteiger partial charge on any atom is 0.338 e. The van der Waals surface area contributed by atoms with E-state index in [0.717, 1.165) is 40.4 Å². The fourth-order valence-electron chi connectivity index (χ4n) is 4.06. The van der Waals surface area contributed by atoms with Gasteiger partial charge in [-0.3, -0.25) is 9.59 Å². The van der Waals surface area contributed by atoms with E-state index < -0.39 is 5.97 Å². The van der Waals surface area contributed by atoms with E-state index in [2.05, 4.69) is 10.3 Å². The molecule has 1 aromatic heterocycles. The Morgan fingerprint density at radius 2 is 1.84 bits per heavy atom. The second-order valence-corrected chi connectivity index (χ2v) is 7.94. The molecule has 0 spiro atoms. The molecule has 0 saturated heterocycles. The maximum absolute atomic E-state index is 12.4. The zero-order chi connectivity index (χ0) is 22.8. The predicted octanol–water partition coefficient (Wildman–Crippen LogP) is 4.50. The van der Waals surface area contributed by atoms with Crippen LogP contribution in [0.5, 0.6) is 5.75 Å². The molecule has 1 heterocycles. The lowest BCUT2D eigenvalue weighted by molar-refractivity contribution is -0.118. The number of amides is 1. The van der Waals surface area contributed by atoms with Crippen LogP contribution in [0.4, 0.5) is 5.69 Å². The normalized spacial score (nSPS) is 13.0. The van der Waals surface area contributed by atoms with Crippen LogP contribution in [0, 0.1) is 13.8 Å². The number of fused-ring (bicyclic) bond motifs is 3. The van der Waals surface area contributed by atoms with Crippen LogP contribution in [0.1, 0.15) is 57.3 Å². The minimum absolute atomic E-state index is 0.148. The summed E-state index contributed by atoms with van der Waals surface area (Å²) < 4.78 is 10.8. The van der Waals surface area contributed by atoms with E-state index >= 15 is 0 Å². The average molecular weight is 434 g/mol. The molecule has 2 aromatic carbocycles. The molecule has 0 bridgehead atoms. The lowest BCUT2D eigenvalue weighted by Gasteiger charge is -2.13. The number of hydrogen-bond acceptors (Lipinski definition) is 5. The van der Waals surface area contributed by atoms with Gasteiger partial charge in [0.2, 0.25) is 0 Å². The number of carbonyl (C=O) groups excluding carboxylic acids is 3. The summed E-state index contributed by atoms with van der Waals surface area (Å²) >= 11 is 0. The van der Waals surface area contributed by atoms with Crippen molar-refractivity contribution in [2.75, 3.05) is 18.5 Å². The first kappa shape index (κ1) is 21.6. The lowest BCUT2D eigenvalue weighted by Crippen LogP contribution is -2.20. The molecule has 2 N–H and O–H groups in total. The number of Topliss-reactive ketones (excluding diaryl/α,β-unsaturated/α-hetero) is 1. The quantitative estimate of drug-likeness (QED) is 0.557. The SMILES string of the molecule is CCOC(=O)c1ccc(NC(=O)COc2cc3c4c([nH]c3c(C)c2C)C(=O)CCC4)cc1. The number of ketones is 1. The van der Waals surface area contributed by atoms with Gasteiger partial charge >= 0.3 is 5.97 Å². The summed E-state index contributed by atoms with van der Waals surface area (Å²) in [6.07, 6.45) is 2.27. The Bertz CT molecular complexity index is 1210. The van der Waals surface area contributed by atoms with Crippen molar-refractivity contribution in [2.45, 2.75) is 40.0 Å². The molecule has 0 radical (unpaired) electrons. The number of esters is 1. The number of aromatic amines is 1. The third-order valence-corrected chi connectivity index (χ3v) is 5.88. The van der Waals surface area contributed by atoms with Gasteiger partial charge in [0.05, 0.1) is 17.9 Å². The number of anilines is 1.